The standard InChI is InChI=1S/C21H23NO5/c1-4-5-19(23)22-17-9-7-16(8-10-17)21(25)15(3)27-20(24)13-12-18-11-6-14(2)26-18/h6-13,15H,4-5H2,1-3H3,(H,22,23)/b13-12+. The average Bonchev–Trinajstić information content (AvgIpc) is 3.05. The van der Waals surface area contributed by atoms with Crippen molar-refractivity contribution in [3.63, 3.8) is 0 Å². The molecule has 2 aromatic rings. The minimum absolute atomic E-state index is 0.0718. The summed E-state index contributed by atoms with van der Waals surface area (Å²) in [7, 11) is 0. The Morgan fingerprint density at radius 2 is 1.85 bits per heavy atom. The number of hydrogen-bond donors (Lipinski definition) is 1. The lowest BCUT2D eigenvalue weighted by Gasteiger charge is -2.11. The number of aryl methyl sites for hydroxylation is 1. The van der Waals surface area contributed by atoms with Gasteiger partial charge >= 0.3 is 5.97 Å². The van der Waals surface area contributed by atoms with E-state index in [2.05, 4.69) is 5.32 Å². The number of hydrogen-bond acceptors (Lipinski definition) is 5. The van der Waals surface area contributed by atoms with Crippen molar-refractivity contribution < 1.29 is 23.5 Å². The second kappa shape index (κ2) is 9.52. The smallest absolute Gasteiger partial charge is 0.331 e. The third kappa shape index (κ3) is 6.26. The molecule has 6 heteroatoms. The first-order chi connectivity index (χ1) is 12.9. The lowest BCUT2D eigenvalue weighted by Crippen LogP contribution is -2.23. The highest BCUT2D eigenvalue weighted by Gasteiger charge is 2.18. The number of nitrogens with one attached hydrogen (secondary N) is 1. The Labute approximate surface area is 158 Å². The van der Waals surface area contributed by atoms with Crippen molar-refractivity contribution in [2.45, 2.75) is 39.7 Å². The average molecular weight is 369 g/mol. The van der Waals surface area contributed by atoms with Gasteiger partial charge in [0, 0.05) is 23.7 Å². The van der Waals surface area contributed by atoms with E-state index >= 15 is 0 Å². The zero-order valence-corrected chi connectivity index (χ0v) is 15.7. The molecule has 2 rings (SSSR count). The van der Waals surface area contributed by atoms with Crippen LogP contribution >= 0.6 is 0 Å². The fourth-order valence-corrected chi connectivity index (χ4v) is 2.36. The maximum absolute atomic E-state index is 12.4. The molecule has 0 bridgehead atoms. The van der Waals surface area contributed by atoms with E-state index in [1.807, 2.05) is 6.92 Å². The summed E-state index contributed by atoms with van der Waals surface area (Å²) in [6, 6.07) is 9.99. The molecule has 0 spiro atoms. The van der Waals surface area contributed by atoms with Crippen LogP contribution in [0.3, 0.4) is 0 Å². The second-order valence-corrected chi connectivity index (χ2v) is 6.10. The van der Waals surface area contributed by atoms with Gasteiger partial charge in [0.15, 0.2) is 6.10 Å². The minimum atomic E-state index is -0.930. The van der Waals surface area contributed by atoms with Crippen LogP contribution in [0.4, 0.5) is 5.69 Å². The predicted octanol–water partition coefficient (Wildman–Crippen LogP) is 4.15. The summed E-state index contributed by atoms with van der Waals surface area (Å²) in [6.07, 6.45) is 2.98. The van der Waals surface area contributed by atoms with E-state index in [9.17, 15) is 14.4 Å². The summed E-state index contributed by atoms with van der Waals surface area (Å²) in [5.74, 6) is 0.243. The van der Waals surface area contributed by atoms with E-state index < -0.39 is 12.1 Å². The van der Waals surface area contributed by atoms with Crippen LogP contribution < -0.4 is 5.32 Å². The van der Waals surface area contributed by atoms with Crippen LogP contribution in [0.25, 0.3) is 6.08 Å². The third-order valence-corrected chi connectivity index (χ3v) is 3.74. The van der Waals surface area contributed by atoms with Gasteiger partial charge in [-0.2, -0.15) is 0 Å². The molecule has 1 aromatic carbocycles. The molecule has 1 amide bonds. The fraction of sp³-hybridized carbons (Fsp3) is 0.286. The van der Waals surface area contributed by atoms with Crippen molar-refractivity contribution in [1.82, 2.24) is 0 Å². The molecule has 1 N–H and O–H groups in total. The number of ether oxygens (including phenoxy) is 1. The number of anilines is 1. The molecular weight excluding hydrogens is 346 g/mol. The van der Waals surface area contributed by atoms with Gasteiger partial charge in [-0.25, -0.2) is 4.79 Å². The Morgan fingerprint density at radius 1 is 1.15 bits per heavy atom. The van der Waals surface area contributed by atoms with E-state index in [0.29, 0.717) is 23.4 Å². The van der Waals surface area contributed by atoms with E-state index in [4.69, 9.17) is 9.15 Å². The lowest BCUT2D eigenvalue weighted by molar-refractivity contribution is -0.140. The van der Waals surface area contributed by atoms with Gasteiger partial charge in [0.2, 0.25) is 11.7 Å². The van der Waals surface area contributed by atoms with Crippen molar-refractivity contribution in [1.29, 1.82) is 0 Å². The largest absolute Gasteiger partial charge is 0.462 e. The SMILES string of the molecule is CCCC(=O)Nc1ccc(C(=O)C(C)OC(=O)/C=C/c2ccc(C)o2)cc1. The van der Waals surface area contributed by atoms with Crippen molar-refractivity contribution in [3.8, 4) is 0 Å². The van der Waals surface area contributed by atoms with Gasteiger partial charge in [0.25, 0.3) is 0 Å². The molecule has 0 saturated heterocycles. The third-order valence-electron chi connectivity index (χ3n) is 3.74. The molecule has 0 radical (unpaired) electrons. The molecule has 0 aliphatic carbocycles. The van der Waals surface area contributed by atoms with E-state index in [0.717, 1.165) is 12.2 Å². The van der Waals surface area contributed by atoms with Crippen LogP contribution in [0.5, 0.6) is 0 Å². The van der Waals surface area contributed by atoms with Crippen LogP contribution in [0.1, 0.15) is 48.6 Å². The number of carbonyl (C=O) groups excluding carboxylic acids is 3. The number of furan rings is 1. The Balaban J connectivity index is 1.91. The van der Waals surface area contributed by atoms with E-state index in [-0.39, 0.29) is 11.7 Å². The van der Waals surface area contributed by atoms with Crippen molar-refractivity contribution in [2.24, 2.45) is 0 Å². The Bertz CT molecular complexity index is 833. The Hall–Kier alpha value is -3.15. The molecule has 0 aliphatic rings. The second-order valence-electron chi connectivity index (χ2n) is 6.10. The van der Waals surface area contributed by atoms with Gasteiger partial charge in [-0.05, 0) is 62.7 Å². The molecule has 1 unspecified atom stereocenters. The Morgan fingerprint density at radius 3 is 2.44 bits per heavy atom. The molecule has 0 aliphatic heterocycles. The van der Waals surface area contributed by atoms with Gasteiger partial charge in [-0.3, -0.25) is 9.59 Å². The molecule has 6 nitrogen and oxygen atoms in total. The van der Waals surface area contributed by atoms with Crippen molar-refractivity contribution in [3.05, 3.63) is 59.6 Å². The monoisotopic (exact) mass is 369 g/mol. The van der Waals surface area contributed by atoms with Gasteiger partial charge in [0.05, 0.1) is 0 Å². The number of ketones is 1. The molecule has 1 heterocycles. The van der Waals surface area contributed by atoms with E-state index in [1.165, 1.54) is 19.1 Å². The maximum atomic E-state index is 12.4. The molecule has 142 valence electrons. The number of carbonyl (C=O) groups is 3. The topological polar surface area (TPSA) is 85.6 Å². The summed E-state index contributed by atoms with van der Waals surface area (Å²) in [5.41, 5.74) is 1.01. The zero-order chi connectivity index (χ0) is 19.8. The maximum Gasteiger partial charge on any atom is 0.331 e. The first-order valence-corrected chi connectivity index (χ1v) is 8.78. The molecule has 1 aromatic heterocycles. The van der Waals surface area contributed by atoms with Gasteiger partial charge < -0.3 is 14.5 Å². The number of benzene rings is 1. The van der Waals surface area contributed by atoms with Gasteiger partial charge in [-0.15, -0.1) is 0 Å². The quantitative estimate of drug-likeness (QED) is 0.429. The van der Waals surface area contributed by atoms with Gasteiger partial charge in [-0.1, -0.05) is 6.92 Å². The van der Waals surface area contributed by atoms with Crippen LogP contribution in [0.15, 0.2) is 46.9 Å². The highest BCUT2D eigenvalue weighted by atomic mass is 16.5. The summed E-state index contributed by atoms with van der Waals surface area (Å²) in [5, 5.41) is 2.75. The van der Waals surface area contributed by atoms with Crippen molar-refractivity contribution in [2.75, 3.05) is 5.32 Å². The van der Waals surface area contributed by atoms with E-state index in [1.54, 1.807) is 43.3 Å². The number of rotatable bonds is 8. The summed E-state index contributed by atoms with van der Waals surface area (Å²) in [4.78, 5) is 35.8. The first kappa shape index (κ1) is 20.2. The lowest BCUT2D eigenvalue weighted by atomic mass is 10.1. The van der Waals surface area contributed by atoms with Crippen LogP contribution in [-0.4, -0.2) is 23.8 Å². The first-order valence-electron chi connectivity index (χ1n) is 8.78. The molecule has 27 heavy (non-hydrogen) atoms. The molecule has 1 atom stereocenters. The van der Waals surface area contributed by atoms with Gasteiger partial charge in [0.1, 0.15) is 11.5 Å². The zero-order valence-electron chi connectivity index (χ0n) is 15.7. The number of amides is 1. The minimum Gasteiger partial charge on any atom is -0.462 e. The van der Waals surface area contributed by atoms with Crippen LogP contribution in [-0.2, 0) is 14.3 Å². The fourth-order valence-electron chi connectivity index (χ4n) is 2.36. The van der Waals surface area contributed by atoms with Crippen LogP contribution in [0, 0.1) is 6.92 Å². The number of Topliss-reactive ketones (excluding diaryl/α,β-unsaturated/α-hetero) is 1. The van der Waals surface area contributed by atoms with Crippen LogP contribution in [0.2, 0.25) is 0 Å². The summed E-state index contributed by atoms with van der Waals surface area (Å²) in [6.45, 7) is 5.24. The summed E-state index contributed by atoms with van der Waals surface area (Å²) >= 11 is 0. The summed E-state index contributed by atoms with van der Waals surface area (Å²) < 4.78 is 10.5. The highest BCUT2D eigenvalue weighted by molar-refractivity contribution is 6.01. The normalized spacial score (nSPS) is 12.0. The highest BCUT2D eigenvalue weighted by Crippen LogP contribution is 2.14. The molecule has 0 fully saturated rings. The Kier molecular flexibility index (Phi) is 7.11. The number of esters is 1. The molecule has 0 saturated carbocycles. The molecular formula is C21H23NO5. The van der Waals surface area contributed by atoms with Crippen molar-refractivity contribution >= 4 is 29.4 Å². The predicted molar refractivity (Wildman–Crippen MR) is 102 cm³/mol.